The number of carbonyl (C=O) groups excluding carboxylic acids is 4. The molecule has 0 radical (unpaired) electrons. The molecule has 0 aromatic heterocycles. The number of hydrogen-bond donors (Lipinski definition) is 1. The minimum absolute atomic E-state index is 0.0693. The second-order valence-electron chi connectivity index (χ2n) is 5.96. The molecule has 6 nitrogen and oxygen atoms in total. The predicted molar refractivity (Wildman–Crippen MR) is 100 cm³/mol. The van der Waals surface area contributed by atoms with Crippen LogP contribution in [0.5, 0.6) is 0 Å². The van der Waals surface area contributed by atoms with Crippen LogP contribution in [0.15, 0.2) is 46.9 Å². The number of anilines is 2. The normalized spacial score (nSPS) is 14.2. The van der Waals surface area contributed by atoms with Crippen LogP contribution in [-0.2, 0) is 9.59 Å². The Labute approximate surface area is 158 Å². The molecule has 1 aliphatic heterocycles. The van der Waals surface area contributed by atoms with Gasteiger partial charge in [-0.2, -0.15) is 0 Å². The molecule has 2 aromatic carbocycles. The first-order valence-electron chi connectivity index (χ1n) is 7.89. The van der Waals surface area contributed by atoms with Crippen molar-refractivity contribution in [2.24, 2.45) is 0 Å². The number of fused-ring (bicyclic) bond motifs is 1. The third-order valence-corrected chi connectivity index (χ3v) is 4.69. The second kappa shape index (κ2) is 6.84. The number of nitrogens with one attached hydrogen (secondary N) is 1. The maximum atomic E-state index is 12.6. The number of halogens is 1. The molecule has 26 heavy (non-hydrogen) atoms. The highest BCUT2D eigenvalue weighted by atomic mass is 79.9. The number of amides is 2. The quantitative estimate of drug-likeness (QED) is 0.614. The molecule has 1 N–H and O–H groups in total. The van der Waals surface area contributed by atoms with Crippen molar-refractivity contribution in [2.75, 3.05) is 10.2 Å². The van der Waals surface area contributed by atoms with Gasteiger partial charge in [0.15, 0.2) is 5.78 Å². The van der Waals surface area contributed by atoms with E-state index in [1.165, 1.54) is 11.8 Å². The molecular weight excluding hydrogens is 400 g/mol. The van der Waals surface area contributed by atoms with Crippen molar-refractivity contribution in [1.82, 2.24) is 0 Å². The van der Waals surface area contributed by atoms with Gasteiger partial charge in [0.05, 0.1) is 11.3 Å². The fraction of sp³-hybridized carbons (Fsp3) is 0.158. The van der Waals surface area contributed by atoms with E-state index in [9.17, 15) is 19.2 Å². The predicted octanol–water partition coefficient (Wildman–Crippen LogP) is 3.21. The Balaban J connectivity index is 1.82. The fourth-order valence-electron chi connectivity index (χ4n) is 2.77. The Morgan fingerprint density at radius 1 is 1.08 bits per heavy atom. The summed E-state index contributed by atoms with van der Waals surface area (Å²) in [4.78, 5) is 49.6. The minimum Gasteiger partial charge on any atom is -0.324 e. The van der Waals surface area contributed by atoms with Crippen LogP contribution >= 0.6 is 15.9 Å². The summed E-state index contributed by atoms with van der Waals surface area (Å²) in [6, 6.07) is 10.5. The smallest absolute Gasteiger partial charge is 0.300 e. The van der Waals surface area contributed by atoms with Crippen LogP contribution in [0.1, 0.15) is 34.6 Å². The Morgan fingerprint density at radius 3 is 2.35 bits per heavy atom. The first-order chi connectivity index (χ1) is 12.3. The summed E-state index contributed by atoms with van der Waals surface area (Å²) in [6.07, 6.45) is 0. The lowest BCUT2D eigenvalue weighted by Crippen LogP contribution is -2.45. The number of rotatable bonds is 4. The van der Waals surface area contributed by atoms with Gasteiger partial charge in [0.25, 0.3) is 11.7 Å². The zero-order valence-corrected chi connectivity index (χ0v) is 15.7. The number of hydrogen-bond acceptors (Lipinski definition) is 4. The molecule has 1 aliphatic rings. The summed E-state index contributed by atoms with van der Waals surface area (Å²) in [5.74, 6) is -1.86. The lowest BCUT2D eigenvalue weighted by Gasteiger charge is -2.23. The third kappa shape index (κ3) is 3.17. The molecule has 3 rings (SSSR count). The van der Waals surface area contributed by atoms with Crippen molar-refractivity contribution >= 4 is 50.7 Å². The first kappa shape index (κ1) is 18.0. The number of nitrogens with zero attached hydrogens (tertiary/aromatic N) is 1. The maximum Gasteiger partial charge on any atom is 0.300 e. The molecule has 0 fully saturated rings. The van der Waals surface area contributed by atoms with E-state index in [2.05, 4.69) is 21.2 Å². The molecule has 1 unspecified atom stereocenters. The van der Waals surface area contributed by atoms with Crippen molar-refractivity contribution in [3.8, 4) is 0 Å². The van der Waals surface area contributed by atoms with Crippen LogP contribution in [0.3, 0.4) is 0 Å². The lowest BCUT2D eigenvalue weighted by molar-refractivity contribution is -0.120. The maximum absolute atomic E-state index is 12.6. The number of carbonyl (C=O) groups is 4. The summed E-state index contributed by atoms with van der Waals surface area (Å²) in [5, 5.41) is 2.70. The Kier molecular flexibility index (Phi) is 4.73. The highest BCUT2D eigenvalue weighted by molar-refractivity contribution is 9.10. The molecule has 0 saturated carbocycles. The summed E-state index contributed by atoms with van der Waals surface area (Å²) in [6.45, 7) is 3.02. The number of ketones is 2. The van der Waals surface area contributed by atoms with Gasteiger partial charge >= 0.3 is 0 Å². The fourth-order valence-corrected chi connectivity index (χ4v) is 3.13. The molecule has 0 saturated heterocycles. The molecule has 7 heteroatoms. The molecule has 0 bridgehead atoms. The Hall–Kier alpha value is -2.80. The molecule has 2 aromatic rings. The van der Waals surface area contributed by atoms with Gasteiger partial charge in [0, 0.05) is 15.7 Å². The van der Waals surface area contributed by atoms with Crippen molar-refractivity contribution in [3.63, 3.8) is 0 Å². The molecular formula is C19H15BrN2O4. The van der Waals surface area contributed by atoms with Crippen LogP contribution in [-0.4, -0.2) is 29.4 Å². The molecule has 132 valence electrons. The van der Waals surface area contributed by atoms with Gasteiger partial charge in [0.2, 0.25) is 5.91 Å². The van der Waals surface area contributed by atoms with Crippen molar-refractivity contribution in [2.45, 2.75) is 19.9 Å². The van der Waals surface area contributed by atoms with Gasteiger partial charge in [-0.05, 0) is 56.3 Å². The van der Waals surface area contributed by atoms with E-state index in [0.717, 1.165) is 0 Å². The molecule has 2 amide bonds. The van der Waals surface area contributed by atoms with E-state index in [0.29, 0.717) is 21.4 Å². The third-order valence-electron chi connectivity index (χ3n) is 4.20. The summed E-state index contributed by atoms with van der Waals surface area (Å²) in [7, 11) is 0. The Morgan fingerprint density at radius 2 is 1.73 bits per heavy atom. The SMILES string of the molecule is CC(=O)c1ccc(NC(=O)C(C)N2C(=O)C(=O)c3cc(Br)ccc32)cc1. The first-order valence-corrected chi connectivity index (χ1v) is 8.68. The van der Waals surface area contributed by atoms with E-state index in [-0.39, 0.29) is 11.3 Å². The van der Waals surface area contributed by atoms with E-state index in [4.69, 9.17) is 0 Å². The van der Waals surface area contributed by atoms with Crippen LogP contribution in [0.2, 0.25) is 0 Å². The van der Waals surface area contributed by atoms with Crippen LogP contribution in [0.25, 0.3) is 0 Å². The Bertz CT molecular complexity index is 937. The van der Waals surface area contributed by atoms with E-state index >= 15 is 0 Å². The highest BCUT2D eigenvalue weighted by Crippen LogP contribution is 2.33. The zero-order valence-electron chi connectivity index (χ0n) is 14.1. The van der Waals surface area contributed by atoms with E-state index in [1.54, 1.807) is 49.4 Å². The average molecular weight is 415 g/mol. The largest absolute Gasteiger partial charge is 0.324 e. The zero-order chi connectivity index (χ0) is 19.0. The molecule has 0 spiro atoms. The van der Waals surface area contributed by atoms with Crippen LogP contribution in [0, 0.1) is 0 Å². The van der Waals surface area contributed by atoms with Gasteiger partial charge in [-0.15, -0.1) is 0 Å². The van der Waals surface area contributed by atoms with Gasteiger partial charge in [-0.25, -0.2) is 0 Å². The van der Waals surface area contributed by atoms with Gasteiger partial charge in [-0.3, -0.25) is 24.1 Å². The van der Waals surface area contributed by atoms with Gasteiger partial charge in [0.1, 0.15) is 6.04 Å². The monoisotopic (exact) mass is 414 g/mol. The van der Waals surface area contributed by atoms with E-state index < -0.39 is 23.6 Å². The standard InChI is InChI=1S/C19H15BrN2O4/c1-10(18(25)21-14-6-3-12(4-7-14)11(2)23)22-16-8-5-13(20)9-15(16)17(24)19(22)26/h3-10H,1-2H3,(H,21,25). The lowest BCUT2D eigenvalue weighted by atomic mass is 10.1. The topological polar surface area (TPSA) is 83.6 Å². The van der Waals surface area contributed by atoms with Crippen molar-refractivity contribution in [3.05, 3.63) is 58.1 Å². The highest BCUT2D eigenvalue weighted by Gasteiger charge is 2.40. The average Bonchev–Trinajstić information content (AvgIpc) is 2.85. The van der Waals surface area contributed by atoms with Gasteiger partial charge < -0.3 is 5.32 Å². The number of benzene rings is 2. The summed E-state index contributed by atoms with van der Waals surface area (Å²) in [5.41, 5.74) is 1.73. The van der Waals surface area contributed by atoms with Crippen LogP contribution in [0.4, 0.5) is 11.4 Å². The molecule has 1 heterocycles. The molecule has 0 aliphatic carbocycles. The summed E-state index contributed by atoms with van der Waals surface area (Å²) >= 11 is 3.27. The van der Waals surface area contributed by atoms with E-state index in [1.807, 2.05) is 0 Å². The summed E-state index contributed by atoms with van der Waals surface area (Å²) < 4.78 is 0.682. The van der Waals surface area contributed by atoms with Crippen molar-refractivity contribution in [1.29, 1.82) is 0 Å². The number of Topliss-reactive ketones (excluding diaryl/α,β-unsaturated/α-hetero) is 2. The molecule has 1 atom stereocenters. The second-order valence-corrected chi connectivity index (χ2v) is 6.88. The van der Waals surface area contributed by atoms with Gasteiger partial charge in [-0.1, -0.05) is 15.9 Å². The van der Waals surface area contributed by atoms with Crippen LogP contribution < -0.4 is 10.2 Å². The minimum atomic E-state index is -0.874. The van der Waals surface area contributed by atoms with Crippen molar-refractivity contribution < 1.29 is 19.2 Å².